The van der Waals surface area contributed by atoms with Crippen molar-refractivity contribution < 1.29 is 4.79 Å². The molecule has 7 nitrogen and oxygen atoms in total. The first kappa shape index (κ1) is 17.0. The minimum atomic E-state index is -0.130. The Morgan fingerprint density at radius 1 is 1.15 bits per heavy atom. The summed E-state index contributed by atoms with van der Waals surface area (Å²) in [5.41, 5.74) is 2.06. The molecular weight excluding hydrogens is 328 g/mol. The van der Waals surface area contributed by atoms with Gasteiger partial charge in [0.25, 0.3) is 0 Å². The fraction of sp³-hybridized carbons (Fsp3) is 0.526. The van der Waals surface area contributed by atoms with Gasteiger partial charge in [0.05, 0.1) is 12.1 Å². The molecule has 2 heterocycles. The van der Waals surface area contributed by atoms with Crippen molar-refractivity contribution in [2.45, 2.75) is 43.3 Å². The van der Waals surface area contributed by atoms with E-state index in [9.17, 15) is 4.79 Å². The Morgan fingerprint density at radius 3 is 2.50 bits per heavy atom. The molecule has 26 heavy (non-hydrogen) atoms. The van der Waals surface area contributed by atoms with Crippen molar-refractivity contribution in [3.05, 3.63) is 47.8 Å². The molecule has 0 bridgehead atoms. The number of urea groups is 1. The molecule has 1 aliphatic carbocycles. The van der Waals surface area contributed by atoms with Crippen LogP contribution in [0.5, 0.6) is 0 Å². The van der Waals surface area contributed by atoms with Gasteiger partial charge in [-0.15, -0.1) is 5.10 Å². The highest BCUT2D eigenvalue weighted by atomic mass is 16.2. The maximum absolute atomic E-state index is 12.5. The van der Waals surface area contributed by atoms with Gasteiger partial charge in [0.15, 0.2) is 0 Å². The molecule has 4 rings (SSSR count). The van der Waals surface area contributed by atoms with Gasteiger partial charge in [-0.25, -0.2) is 4.79 Å². The lowest BCUT2D eigenvalue weighted by Crippen LogP contribution is -2.54. The number of aromatic nitrogens is 3. The monoisotopic (exact) mass is 354 g/mol. The Hall–Kier alpha value is -2.41. The van der Waals surface area contributed by atoms with E-state index in [1.807, 2.05) is 4.90 Å². The van der Waals surface area contributed by atoms with E-state index < -0.39 is 0 Å². The molecule has 1 saturated carbocycles. The number of rotatable bonds is 4. The third kappa shape index (κ3) is 2.86. The summed E-state index contributed by atoms with van der Waals surface area (Å²) in [4.78, 5) is 16.7. The van der Waals surface area contributed by atoms with Crippen LogP contribution < -0.4 is 5.32 Å². The number of carbonyl (C=O) groups is 1. The molecule has 138 valence electrons. The van der Waals surface area contributed by atoms with E-state index in [2.05, 4.69) is 70.1 Å². The first-order valence-electron chi connectivity index (χ1n) is 9.18. The van der Waals surface area contributed by atoms with Gasteiger partial charge in [0, 0.05) is 18.3 Å². The average molecular weight is 354 g/mol. The molecule has 2 fully saturated rings. The third-order valence-corrected chi connectivity index (χ3v) is 6.17. The summed E-state index contributed by atoms with van der Waals surface area (Å²) in [7, 11) is 4.32. The van der Waals surface area contributed by atoms with Crippen LogP contribution in [0.15, 0.2) is 36.5 Å². The highest BCUT2D eigenvalue weighted by Gasteiger charge is 2.49. The quantitative estimate of drug-likeness (QED) is 0.881. The van der Waals surface area contributed by atoms with Gasteiger partial charge in [0.1, 0.15) is 5.69 Å². The molecule has 1 spiro atoms. The summed E-state index contributed by atoms with van der Waals surface area (Å²) >= 11 is 0. The molecule has 7 heteroatoms. The second-order valence-corrected chi connectivity index (χ2v) is 7.82. The van der Waals surface area contributed by atoms with Crippen LogP contribution in [0.4, 0.5) is 4.79 Å². The van der Waals surface area contributed by atoms with Crippen LogP contribution in [0.3, 0.4) is 0 Å². The Labute approximate surface area is 153 Å². The van der Waals surface area contributed by atoms with Crippen molar-refractivity contribution in [1.82, 2.24) is 30.5 Å². The van der Waals surface area contributed by atoms with Crippen molar-refractivity contribution in [2.24, 2.45) is 0 Å². The lowest BCUT2D eigenvalue weighted by atomic mass is 9.69. The van der Waals surface area contributed by atoms with Crippen LogP contribution in [-0.4, -0.2) is 57.4 Å². The number of benzene rings is 1. The number of hydrogen-bond donors (Lipinski definition) is 2. The van der Waals surface area contributed by atoms with E-state index in [-0.39, 0.29) is 17.1 Å². The summed E-state index contributed by atoms with van der Waals surface area (Å²) in [5.74, 6) is 0. The second kappa shape index (κ2) is 6.39. The smallest absolute Gasteiger partial charge is 0.318 e. The van der Waals surface area contributed by atoms with Crippen LogP contribution in [0.1, 0.15) is 36.9 Å². The topological polar surface area (TPSA) is 77.2 Å². The number of hydrogen-bond acceptors (Lipinski definition) is 4. The molecule has 1 saturated heterocycles. The minimum absolute atomic E-state index is 0.00469. The predicted octanol–water partition coefficient (Wildman–Crippen LogP) is 2.10. The second-order valence-electron chi connectivity index (χ2n) is 7.82. The zero-order valence-corrected chi connectivity index (χ0v) is 15.4. The Balaban J connectivity index is 1.49. The van der Waals surface area contributed by atoms with Gasteiger partial charge in [0.2, 0.25) is 0 Å². The van der Waals surface area contributed by atoms with E-state index in [1.54, 1.807) is 6.20 Å². The average Bonchev–Trinajstić information content (AvgIpc) is 3.25. The van der Waals surface area contributed by atoms with E-state index in [0.717, 1.165) is 37.9 Å². The maximum atomic E-state index is 12.5. The van der Waals surface area contributed by atoms with E-state index in [0.29, 0.717) is 6.54 Å². The first-order chi connectivity index (χ1) is 12.5. The molecule has 2 aromatic rings. The number of aromatic amines is 1. The molecule has 0 radical (unpaired) electrons. The molecule has 1 aliphatic heterocycles. The van der Waals surface area contributed by atoms with Gasteiger partial charge >= 0.3 is 6.03 Å². The third-order valence-electron chi connectivity index (χ3n) is 6.17. The Morgan fingerprint density at radius 2 is 1.88 bits per heavy atom. The number of nitrogens with zero attached hydrogens (tertiary/aromatic N) is 4. The van der Waals surface area contributed by atoms with Crippen LogP contribution in [0, 0.1) is 0 Å². The van der Waals surface area contributed by atoms with E-state index in [4.69, 9.17) is 0 Å². The van der Waals surface area contributed by atoms with E-state index in [1.165, 1.54) is 5.56 Å². The number of amides is 2. The van der Waals surface area contributed by atoms with Crippen molar-refractivity contribution in [3.8, 4) is 0 Å². The summed E-state index contributed by atoms with van der Waals surface area (Å²) in [6, 6.07) is 10.7. The zero-order valence-electron chi connectivity index (χ0n) is 15.4. The summed E-state index contributed by atoms with van der Waals surface area (Å²) in [6.45, 7) is 1.23. The molecule has 1 aromatic carbocycles. The molecule has 1 aromatic heterocycles. The van der Waals surface area contributed by atoms with Crippen LogP contribution in [-0.2, 0) is 12.1 Å². The number of H-pyrrole nitrogens is 1. The molecule has 2 aliphatic rings. The summed E-state index contributed by atoms with van der Waals surface area (Å²) in [5, 5.41) is 13.7. The number of carbonyl (C=O) groups excluding carboxylic acids is 1. The number of nitrogens with one attached hydrogen (secondary N) is 2. The standard InChI is InChI=1S/C19H26N6O/c1-24(2)19(15-6-4-3-5-7-15)10-8-18(9-11-19)14-25(17(26)21-18)13-16-12-20-23-22-16/h3-7,12H,8-11,13-14H2,1-2H3,(H,21,26)(H,20,22,23)/t18-,19+. The van der Waals surface area contributed by atoms with Gasteiger partial charge in [-0.05, 0) is 45.3 Å². The maximum Gasteiger partial charge on any atom is 0.318 e. The summed E-state index contributed by atoms with van der Waals surface area (Å²) in [6.07, 6.45) is 5.75. The highest BCUT2D eigenvalue weighted by Crippen LogP contribution is 2.45. The highest BCUT2D eigenvalue weighted by molar-refractivity contribution is 5.78. The van der Waals surface area contributed by atoms with Crippen LogP contribution in [0.2, 0.25) is 0 Å². The van der Waals surface area contributed by atoms with Gasteiger partial charge in [-0.1, -0.05) is 35.5 Å². The van der Waals surface area contributed by atoms with Gasteiger partial charge in [-0.2, -0.15) is 0 Å². The molecule has 2 N–H and O–H groups in total. The van der Waals surface area contributed by atoms with Gasteiger partial charge in [-0.3, -0.25) is 10.00 Å². The fourth-order valence-corrected chi connectivity index (χ4v) is 4.58. The molecular formula is C19H26N6O. The van der Waals surface area contributed by atoms with Crippen molar-refractivity contribution in [1.29, 1.82) is 0 Å². The van der Waals surface area contributed by atoms with E-state index >= 15 is 0 Å². The molecule has 0 unspecified atom stereocenters. The molecule has 0 atom stereocenters. The Bertz CT molecular complexity index is 750. The summed E-state index contributed by atoms with van der Waals surface area (Å²) < 4.78 is 0. The van der Waals surface area contributed by atoms with Crippen LogP contribution in [0.25, 0.3) is 0 Å². The predicted molar refractivity (Wildman–Crippen MR) is 98.3 cm³/mol. The SMILES string of the molecule is CN(C)[C@]1(c2ccccc2)CC[C@]2(CC1)CN(Cc1c[nH]nn1)C(=O)N2. The lowest BCUT2D eigenvalue weighted by molar-refractivity contribution is 0.0617. The normalized spacial score (nSPS) is 28.7. The van der Waals surface area contributed by atoms with Crippen LogP contribution >= 0.6 is 0 Å². The molecule has 2 amide bonds. The van der Waals surface area contributed by atoms with Crippen molar-refractivity contribution in [3.63, 3.8) is 0 Å². The first-order valence-corrected chi connectivity index (χ1v) is 9.18. The van der Waals surface area contributed by atoms with Crippen molar-refractivity contribution in [2.75, 3.05) is 20.6 Å². The van der Waals surface area contributed by atoms with Gasteiger partial charge < -0.3 is 10.2 Å². The zero-order chi connectivity index (χ0) is 18.2. The fourth-order valence-electron chi connectivity index (χ4n) is 4.58. The minimum Gasteiger partial charge on any atom is -0.331 e. The lowest BCUT2D eigenvalue weighted by Gasteiger charge is -2.48. The largest absolute Gasteiger partial charge is 0.331 e. The Kier molecular flexibility index (Phi) is 4.19. The van der Waals surface area contributed by atoms with Crippen molar-refractivity contribution >= 4 is 6.03 Å².